The van der Waals surface area contributed by atoms with Crippen LogP contribution in [0.3, 0.4) is 0 Å². The Balaban J connectivity index is 2.58. The topological polar surface area (TPSA) is 58.6 Å². The Morgan fingerprint density at radius 2 is 2.12 bits per heavy atom. The highest BCUT2D eigenvalue weighted by Gasteiger charge is 2.12. The fourth-order valence-corrected chi connectivity index (χ4v) is 1.91. The van der Waals surface area contributed by atoms with Crippen LogP contribution in [0.2, 0.25) is 0 Å². The second-order valence-electron chi connectivity index (χ2n) is 4.31. The normalized spacial score (nSPS) is 10.8. The summed E-state index contributed by atoms with van der Waals surface area (Å²) in [5, 5.41) is 0. The molecule has 0 bridgehead atoms. The Labute approximate surface area is 99.8 Å². The molecule has 1 N–H and O–H groups in total. The summed E-state index contributed by atoms with van der Waals surface area (Å²) in [5.41, 5.74) is 2.29. The van der Waals surface area contributed by atoms with Crippen LogP contribution in [0.1, 0.15) is 31.0 Å². The van der Waals surface area contributed by atoms with E-state index in [2.05, 4.69) is 15.0 Å². The number of pyridine rings is 1. The van der Waals surface area contributed by atoms with Crippen LogP contribution in [0.25, 0.3) is 11.4 Å². The third-order valence-corrected chi connectivity index (χ3v) is 2.66. The van der Waals surface area contributed by atoms with Gasteiger partial charge in [-0.2, -0.15) is 0 Å². The van der Waals surface area contributed by atoms with Crippen molar-refractivity contribution in [1.82, 2.24) is 15.0 Å². The Morgan fingerprint density at radius 3 is 2.65 bits per heavy atom. The van der Waals surface area contributed by atoms with Gasteiger partial charge in [0.1, 0.15) is 5.82 Å². The van der Waals surface area contributed by atoms with Crippen LogP contribution in [0, 0.1) is 6.92 Å². The van der Waals surface area contributed by atoms with Crippen molar-refractivity contribution in [3.63, 3.8) is 0 Å². The lowest BCUT2D eigenvalue weighted by molar-refractivity contribution is 0.814. The third kappa shape index (κ3) is 2.25. The van der Waals surface area contributed by atoms with E-state index in [1.54, 1.807) is 12.4 Å². The first-order valence-electron chi connectivity index (χ1n) is 5.61. The standard InChI is InChI=1S/C13H15N3O/c1-8(2)11-9(3)15-12(16-13(11)17)10-5-4-6-14-7-10/h4-8H,1-3H3,(H,15,16,17). The highest BCUT2D eigenvalue weighted by atomic mass is 16.1. The van der Waals surface area contributed by atoms with E-state index >= 15 is 0 Å². The summed E-state index contributed by atoms with van der Waals surface area (Å²) in [7, 11) is 0. The maximum absolute atomic E-state index is 12.0. The molecule has 4 heteroatoms. The average Bonchev–Trinajstić information content (AvgIpc) is 2.28. The lowest BCUT2D eigenvalue weighted by atomic mass is 10.0. The smallest absolute Gasteiger partial charge is 0.254 e. The van der Waals surface area contributed by atoms with Crippen LogP contribution in [-0.2, 0) is 0 Å². The quantitative estimate of drug-likeness (QED) is 0.859. The summed E-state index contributed by atoms with van der Waals surface area (Å²) in [4.78, 5) is 23.2. The number of aromatic amines is 1. The average molecular weight is 229 g/mol. The Kier molecular flexibility index (Phi) is 3.04. The lowest BCUT2D eigenvalue weighted by Crippen LogP contribution is -2.18. The zero-order valence-corrected chi connectivity index (χ0v) is 10.2. The number of nitrogens with one attached hydrogen (secondary N) is 1. The van der Waals surface area contributed by atoms with Crippen molar-refractivity contribution in [3.05, 3.63) is 46.1 Å². The molecule has 0 spiro atoms. The molecule has 0 aliphatic heterocycles. The van der Waals surface area contributed by atoms with Crippen LogP contribution >= 0.6 is 0 Å². The van der Waals surface area contributed by atoms with E-state index in [1.807, 2.05) is 32.9 Å². The summed E-state index contributed by atoms with van der Waals surface area (Å²) in [5.74, 6) is 0.749. The van der Waals surface area contributed by atoms with Gasteiger partial charge in [-0.1, -0.05) is 13.8 Å². The third-order valence-electron chi connectivity index (χ3n) is 2.66. The van der Waals surface area contributed by atoms with Crippen molar-refractivity contribution in [2.45, 2.75) is 26.7 Å². The molecular weight excluding hydrogens is 214 g/mol. The van der Waals surface area contributed by atoms with E-state index in [-0.39, 0.29) is 11.5 Å². The van der Waals surface area contributed by atoms with Gasteiger partial charge in [0, 0.05) is 29.2 Å². The van der Waals surface area contributed by atoms with Crippen molar-refractivity contribution in [1.29, 1.82) is 0 Å². The lowest BCUT2D eigenvalue weighted by Gasteiger charge is -2.09. The van der Waals surface area contributed by atoms with Gasteiger partial charge in [0.15, 0.2) is 0 Å². The van der Waals surface area contributed by atoms with Gasteiger partial charge in [-0.25, -0.2) is 4.98 Å². The Morgan fingerprint density at radius 1 is 1.35 bits per heavy atom. The van der Waals surface area contributed by atoms with Gasteiger partial charge < -0.3 is 4.98 Å². The molecular formula is C13H15N3O. The highest BCUT2D eigenvalue weighted by molar-refractivity contribution is 5.53. The van der Waals surface area contributed by atoms with Gasteiger partial charge in [-0.3, -0.25) is 9.78 Å². The molecule has 2 heterocycles. The summed E-state index contributed by atoms with van der Waals surface area (Å²) in [6, 6.07) is 3.70. The molecule has 0 radical (unpaired) electrons. The van der Waals surface area contributed by atoms with Crippen LogP contribution in [0.15, 0.2) is 29.3 Å². The van der Waals surface area contributed by atoms with Crippen LogP contribution in [0.5, 0.6) is 0 Å². The Bertz CT molecular complexity index is 573. The fraction of sp³-hybridized carbons (Fsp3) is 0.308. The minimum absolute atomic E-state index is 0.0636. The van der Waals surface area contributed by atoms with E-state index in [1.165, 1.54) is 0 Å². The molecule has 0 amide bonds. The minimum Gasteiger partial charge on any atom is -0.306 e. The number of hydrogen-bond donors (Lipinski definition) is 1. The van der Waals surface area contributed by atoms with E-state index in [0.717, 1.165) is 16.8 Å². The van der Waals surface area contributed by atoms with Crippen LogP contribution < -0.4 is 5.56 Å². The van der Waals surface area contributed by atoms with Crippen molar-refractivity contribution < 1.29 is 0 Å². The van der Waals surface area contributed by atoms with Crippen molar-refractivity contribution in [2.75, 3.05) is 0 Å². The van der Waals surface area contributed by atoms with Crippen LogP contribution in [0.4, 0.5) is 0 Å². The molecule has 0 atom stereocenters. The van der Waals surface area contributed by atoms with Crippen molar-refractivity contribution in [2.24, 2.45) is 0 Å². The predicted molar refractivity (Wildman–Crippen MR) is 66.9 cm³/mol. The molecule has 0 aliphatic carbocycles. The van der Waals surface area contributed by atoms with Gasteiger partial charge in [-0.15, -0.1) is 0 Å². The first-order valence-corrected chi connectivity index (χ1v) is 5.61. The number of H-pyrrole nitrogens is 1. The number of aromatic nitrogens is 3. The van der Waals surface area contributed by atoms with E-state index in [0.29, 0.717) is 5.82 Å². The predicted octanol–water partition coefficient (Wildman–Crippen LogP) is 2.26. The minimum atomic E-state index is -0.0636. The van der Waals surface area contributed by atoms with Gasteiger partial charge >= 0.3 is 0 Å². The fourth-order valence-electron chi connectivity index (χ4n) is 1.91. The molecule has 2 rings (SSSR count). The van der Waals surface area contributed by atoms with E-state index in [9.17, 15) is 4.79 Å². The SMILES string of the molecule is Cc1nc(-c2cccnc2)[nH]c(=O)c1C(C)C. The highest BCUT2D eigenvalue weighted by Crippen LogP contribution is 2.16. The summed E-state index contributed by atoms with van der Waals surface area (Å²) in [6.45, 7) is 5.84. The second-order valence-corrected chi connectivity index (χ2v) is 4.31. The summed E-state index contributed by atoms with van der Waals surface area (Å²) >= 11 is 0. The van der Waals surface area contributed by atoms with Gasteiger partial charge in [0.25, 0.3) is 5.56 Å². The van der Waals surface area contributed by atoms with Crippen LogP contribution in [-0.4, -0.2) is 15.0 Å². The zero-order chi connectivity index (χ0) is 12.4. The molecule has 0 saturated heterocycles. The molecule has 88 valence electrons. The first-order chi connectivity index (χ1) is 8.09. The maximum Gasteiger partial charge on any atom is 0.254 e. The van der Waals surface area contributed by atoms with Gasteiger partial charge in [0.2, 0.25) is 0 Å². The molecule has 17 heavy (non-hydrogen) atoms. The molecule has 0 fully saturated rings. The van der Waals surface area contributed by atoms with Gasteiger partial charge in [0.05, 0.1) is 0 Å². The number of hydrogen-bond acceptors (Lipinski definition) is 3. The van der Waals surface area contributed by atoms with E-state index < -0.39 is 0 Å². The molecule has 0 aliphatic rings. The molecule has 4 nitrogen and oxygen atoms in total. The van der Waals surface area contributed by atoms with E-state index in [4.69, 9.17) is 0 Å². The molecule has 2 aromatic heterocycles. The number of aryl methyl sites for hydroxylation is 1. The number of nitrogens with zero attached hydrogens (tertiary/aromatic N) is 2. The number of rotatable bonds is 2. The largest absolute Gasteiger partial charge is 0.306 e. The molecule has 0 unspecified atom stereocenters. The Hall–Kier alpha value is -1.97. The molecule has 2 aromatic rings. The van der Waals surface area contributed by atoms with Crippen molar-refractivity contribution >= 4 is 0 Å². The summed E-state index contributed by atoms with van der Waals surface area (Å²) in [6.07, 6.45) is 3.38. The van der Waals surface area contributed by atoms with Gasteiger partial charge in [-0.05, 0) is 25.0 Å². The van der Waals surface area contributed by atoms with Crippen molar-refractivity contribution in [3.8, 4) is 11.4 Å². The maximum atomic E-state index is 12.0. The first kappa shape index (κ1) is 11.5. The second kappa shape index (κ2) is 4.49. The molecule has 0 aromatic carbocycles. The molecule has 0 saturated carbocycles. The summed E-state index contributed by atoms with van der Waals surface area (Å²) < 4.78 is 0. The zero-order valence-electron chi connectivity index (χ0n) is 10.2. The monoisotopic (exact) mass is 229 g/mol.